The Morgan fingerprint density at radius 2 is 1.57 bits per heavy atom. The van der Waals surface area contributed by atoms with Gasteiger partial charge in [0, 0.05) is 23.4 Å². The third kappa shape index (κ3) is 4.30. The van der Waals surface area contributed by atoms with Crippen molar-refractivity contribution < 1.29 is 9.59 Å². The molecule has 0 radical (unpaired) electrons. The van der Waals surface area contributed by atoms with Crippen LogP contribution in [0, 0.1) is 13.8 Å². The standard InChI is InChI=1S/C19H20N2O2/c1-4-11-20-18(22)15-6-8-16(9-7-15)19(23)21-17-10-5-13(2)14(3)12-17/h4-10,12H,1,11H2,2-3H3,(H,20,22)(H,21,23). The van der Waals surface area contributed by atoms with Crippen LogP contribution in [0.4, 0.5) is 5.69 Å². The van der Waals surface area contributed by atoms with Crippen LogP contribution in [-0.2, 0) is 0 Å². The second-order valence-corrected chi connectivity index (χ2v) is 5.33. The summed E-state index contributed by atoms with van der Waals surface area (Å²) in [5.41, 5.74) is 4.07. The summed E-state index contributed by atoms with van der Waals surface area (Å²) in [5, 5.41) is 5.55. The third-order valence-electron chi connectivity index (χ3n) is 3.58. The van der Waals surface area contributed by atoms with Crippen LogP contribution < -0.4 is 10.6 Å². The molecule has 0 aromatic heterocycles. The highest BCUT2D eigenvalue weighted by atomic mass is 16.2. The van der Waals surface area contributed by atoms with Gasteiger partial charge in [-0.1, -0.05) is 12.1 Å². The first-order chi connectivity index (χ1) is 11.0. The monoisotopic (exact) mass is 308 g/mol. The number of hydrogen-bond donors (Lipinski definition) is 2. The maximum Gasteiger partial charge on any atom is 0.255 e. The summed E-state index contributed by atoms with van der Waals surface area (Å²) < 4.78 is 0. The molecule has 4 heteroatoms. The Hall–Kier alpha value is -2.88. The van der Waals surface area contributed by atoms with E-state index in [1.165, 1.54) is 5.56 Å². The molecule has 0 aliphatic rings. The van der Waals surface area contributed by atoms with Crippen LogP contribution in [0.5, 0.6) is 0 Å². The van der Waals surface area contributed by atoms with Gasteiger partial charge in [-0.3, -0.25) is 9.59 Å². The summed E-state index contributed by atoms with van der Waals surface area (Å²) in [6.07, 6.45) is 1.61. The summed E-state index contributed by atoms with van der Waals surface area (Å²) in [4.78, 5) is 24.0. The SMILES string of the molecule is C=CCNC(=O)c1ccc(C(=O)Nc2ccc(C)c(C)c2)cc1. The second-order valence-electron chi connectivity index (χ2n) is 5.33. The molecule has 0 atom stereocenters. The number of rotatable bonds is 5. The van der Waals surface area contributed by atoms with E-state index in [-0.39, 0.29) is 11.8 Å². The van der Waals surface area contributed by atoms with Crippen molar-refractivity contribution in [2.24, 2.45) is 0 Å². The summed E-state index contributed by atoms with van der Waals surface area (Å²) >= 11 is 0. The van der Waals surface area contributed by atoms with Crippen LogP contribution in [0.1, 0.15) is 31.8 Å². The lowest BCUT2D eigenvalue weighted by Crippen LogP contribution is -2.23. The van der Waals surface area contributed by atoms with E-state index in [9.17, 15) is 9.59 Å². The fourth-order valence-corrected chi connectivity index (χ4v) is 2.06. The first-order valence-electron chi connectivity index (χ1n) is 7.39. The minimum Gasteiger partial charge on any atom is -0.349 e. The average molecular weight is 308 g/mol. The van der Waals surface area contributed by atoms with Gasteiger partial charge in [0.15, 0.2) is 0 Å². The van der Waals surface area contributed by atoms with Crippen molar-refractivity contribution >= 4 is 17.5 Å². The fourth-order valence-electron chi connectivity index (χ4n) is 2.06. The third-order valence-corrected chi connectivity index (χ3v) is 3.58. The molecule has 0 saturated heterocycles. The van der Waals surface area contributed by atoms with Crippen molar-refractivity contribution in [3.63, 3.8) is 0 Å². The molecule has 23 heavy (non-hydrogen) atoms. The molecule has 0 saturated carbocycles. The molecule has 0 bridgehead atoms. The Morgan fingerprint density at radius 1 is 0.957 bits per heavy atom. The van der Waals surface area contributed by atoms with Crippen LogP contribution in [0.3, 0.4) is 0 Å². The van der Waals surface area contributed by atoms with E-state index in [1.54, 1.807) is 30.3 Å². The molecule has 2 aromatic carbocycles. The molecule has 0 unspecified atom stereocenters. The minimum absolute atomic E-state index is 0.189. The summed E-state index contributed by atoms with van der Waals surface area (Å²) in [6, 6.07) is 12.3. The molecule has 2 rings (SSSR count). The van der Waals surface area contributed by atoms with Gasteiger partial charge in [0.1, 0.15) is 0 Å². The molecule has 2 amide bonds. The lowest BCUT2D eigenvalue weighted by Gasteiger charge is -2.08. The lowest BCUT2D eigenvalue weighted by atomic mass is 10.1. The van der Waals surface area contributed by atoms with Crippen LogP contribution >= 0.6 is 0 Å². The zero-order chi connectivity index (χ0) is 16.8. The number of hydrogen-bond acceptors (Lipinski definition) is 2. The Labute approximate surface area is 136 Å². The van der Waals surface area contributed by atoms with E-state index >= 15 is 0 Å². The fraction of sp³-hybridized carbons (Fsp3) is 0.158. The maximum absolute atomic E-state index is 12.2. The highest BCUT2D eigenvalue weighted by Crippen LogP contribution is 2.15. The van der Waals surface area contributed by atoms with Gasteiger partial charge in [-0.15, -0.1) is 6.58 Å². The van der Waals surface area contributed by atoms with Gasteiger partial charge >= 0.3 is 0 Å². The van der Waals surface area contributed by atoms with Crippen molar-refractivity contribution in [1.29, 1.82) is 0 Å². The van der Waals surface area contributed by atoms with Crippen molar-refractivity contribution in [1.82, 2.24) is 5.32 Å². The number of carbonyl (C=O) groups excluding carboxylic acids is 2. The van der Waals surface area contributed by atoms with Gasteiger partial charge in [0.05, 0.1) is 0 Å². The van der Waals surface area contributed by atoms with Crippen LogP contribution in [0.2, 0.25) is 0 Å². The Balaban J connectivity index is 2.06. The number of benzene rings is 2. The Kier molecular flexibility index (Phi) is 5.31. The van der Waals surface area contributed by atoms with Crippen LogP contribution in [0.15, 0.2) is 55.1 Å². The molecule has 118 valence electrons. The summed E-state index contributed by atoms with van der Waals surface area (Å²) in [5.74, 6) is -0.391. The number of nitrogens with one attached hydrogen (secondary N) is 2. The second kappa shape index (κ2) is 7.40. The number of aryl methyl sites for hydroxylation is 2. The topological polar surface area (TPSA) is 58.2 Å². The molecule has 2 N–H and O–H groups in total. The summed E-state index contributed by atoms with van der Waals surface area (Å²) in [7, 11) is 0. The van der Waals surface area contributed by atoms with Gasteiger partial charge < -0.3 is 10.6 Å². The molecule has 0 aliphatic carbocycles. The first-order valence-corrected chi connectivity index (χ1v) is 7.39. The predicted molar refractivity (Wildman–Crippen MR) is 92.8 cm³/mol. The molecule has 0 heterocycles. The Bertz CT molecular complexity index is 734. The minimum atomic E-state index is -0.202. The van der Waals surface area contributed by atoms with Gasteiger partial charge in [-0.2, -0.15) is 0 Å². The quantitative estimate of drug-likeness (QED) is 0.831. The number of anilines is 1. The van der Waals surface area contributed by atoms with Crippen molar-refractivity contribution in [2.75, 3.05) is 11.9 Å². The lowest BCUT2D eigenvalue weighted by molar-refractivity contribution is 0.0956. The van der Waals surface area contributed by atoms with E-state index in [0.29, 0.717) is 17.7 Å². The van der Waals surface area contributed by atoms with E-state index in [0.717, 1.165) is 11.3 Å². The van der Waals surface area contributed by atoms with Crippen LogP contribution in [-0.4, -0.2) is 18.4 Å². The predicted octanol–water partition coefficient (Wildman–Crippen LogP) is 3.47. The average Bonchev–Trinajstić information content (AvgIpc) is 2.56. The largest absolute Gasteiger partial charge is 0.349 e. The maximum atomic E-state index is 12.2. The van der Waals surface area contributed by atoms with Crippen molar-refractivity contribution in [3.8, 4) is 0 Å². The Morgan fingerprint density at radius 3 is 2.13 bits per heavy atom. The molecule has 0 spiro atoms. The molecular weight excluding hydrogens is 288 g/mol. The molecule has 4 nitrogen and oxygen atoms in total. The van der Waals surface area contributed by atoms with Gasteiger partial charge in [0.2, 0.25) is 0 Å². The molecule has 2 aromatic rings. The highest BCUT2D eigenvalue weighted by molar-refractivity contribution is 6.05. The van der Waals surface area contributed by atoms with Crippen molar-refractivity contribution in [3.05, 3.63) is 77.4 Å². The van der Waals surface area contributed by atoms with Crippen molar-refractivity contribution in [2.45, 2.75) is 13.8 Å². The van der Waals surface area contributed by atoms with Gasteiger partial charge in [0.25, 0.3) is 11.8 Å². The summed E-state index contributed by atoms with van der Waals surface area (Å²) in [6.45, 7) is 7.98. The molecule has 0 aliphatic heterocycles. The zero-order valence-electron chi connectivity index (χ0n) is 13.3. The zero-order valence-corrected chi connectivity index (χ0v) is 13.3. The number of amides is 2. The van der Waals surface area contributed by atoms with E-state index in [1.807, 2.05) is 32.0 Å². The first kappa shape index (κ1) is 16.5. The molecule has 0 fully saturated rings. The number of carbonyl (C=O) groups is 2. The van der Waals surface area contributed by atoms with E-state index in [4.69, 9.17) is 0 Å². The van der Waals surface area contributed by atoms with E-state index in [2.05, 4.69) is 17.2 Å². The normalized spacial score (nSPS) is 10.0. The van der Waals surface area contributed by atoms with Gasteiger partial charge in [-0.25, -0.2) is 0 Å². The van der Waals surface area contributed by atoms with E-state index < -0.39 is 0 Å². The highest BCUT2D eigenvalue weighted by Gasteiger charge is 2.09. The van der Waals surface area contributed by atoms with Crippen LogP contribution in [0.25, 0.3) is 0 Å². The van der Waals surface area contributed by atoms with Gasteiger partial charge in [-0.05, 0) is 61.4 Å². The molecular formula is C19H20N2O2. The smallest absolute Gasteiger partial charge is 0.255 e.